The van der Waals surface area contributed by atoms with Gasteiger partial charge in [0.2, 0.25) is 0 Å². The number of esters is 1. The SMILES string of the molecule is CC(NP(=O)(OCC1OC(n2cc(C=CBr)c(=O)[nH]c2=O)CC1O)Oc1ccccc1)C(=O)OCc1ccccc1. The van der Waals surface area contributed by atoms with Crippen LogP contribution in [-0.4, -0.2) is 45.5 Å². The van der Waals surface area contributed by atoms with Crippen LogP contribution < -0.4 is 20.9 Å². The van der Waals surface area contributed by atoms with Crippen molar-refractivity contribution in [2.75, 3.05) is 6.61 Å². The second kappa shape index (κ2) is 14.0. The molecule has 12 nitrogen and oxygen atoms in total. The summed E-state index contributed by atoms with van der Waals surface area (Å²) in [6, 6.07) is 16.2. The second-order valence-electron chi connectivity index (χ2n) is 9.12. The van der Waals surface area contributed by atoms with E-state index in [1.165, 1.54) is 24.2 Å². The standard InChI is InChI=1S/C27H29BrN3O9P/c1-18(26(34)37-16-19-8-4-2-5-9-19)30-41(36,40-21-10-6-3-7-11-21)38-17-23-22(32)14-24(39-23)31-15-20(12-13-28)25(33)29-27(31)35/h2-13,15,18,22-24,32H,14,16-17H2,1H3,(H,30,36)(H,29,33,35). The Hall–Kier alpha value is -3.32. The molecule has 0 spiro atoms. The highest BCUT2D eigenvalue weighted by Crippen LogP contribution is 2.46. The molecular weight excluding hydrogens is 621 g/mol. The number of halogens is 1. The number of rotatable bonds is 12. The summed E-state index contributed by atoms with van der Waals surface area (Å²) < 4.78 is 37.4. The molecule has 0 aliphatic carbocycles. The molecule has 2 heterocycles. The number of ether oxygens (including phenoxy) is 2. The van der Waals surface area contributed by atoms with Gasteiger partial charge in [-0.25, -0.2) is 9.36 Å². The van der Waals surface area contributed by atoms with Gasteiger partial charge in [0.1, 0.15) is 30.7 Å². The molecule has 41 heavy (non-hydrogen) atoms. The predicted molar refractivity (Wildman–Crippen MR) is 153 cm³/mol. The molecule has 5 atom stereocenters. The first kappa shape index (κ1) is 30.6. The van der Waals surface area contributed by atoms with Gasteiger partial charge in [0, 0.05) is 12.6 Å². The molecule has 14 heteroatoms. The van der Waals surface area contributed by atoms with Gasteiger partial charge in [0.05, 0.1) is 18.3 Å². The Labute approximate surface area is 243 Å². The summed E-state index contributed by atoms with van der Waals surface area (Å²) in [6.07, 6.45) is -0.282. The summed E-state index contributed by atoms with van der Waals surface area (Å²) in [5.74, 6) is -0.469. The van der Waals surface area contributed by atoms with Gasteiger partial charge in [-0.3, -0.25) is 23.7 Å². The number of hydrogen-bond donors (Lipinski definition) is 3. The zero-order valence-electron chi connectivity index (χ0n) is 21.9. The largest absolute Gasteiger partial charge is 0.460 e. The molecule has 0 amide bonds. The van der Waals surface area contributed by atoms with E-state index in [1.807, 2.05) is 18.2 Å². The quantitative estimate of drug-likeness (QED) is 0.196. The Morgan fingerprint density at radius 2 is 1.90 bits per heavy atom. The van der Waals surface area contributed by atoms with E-state index in [0.717, 1.165) is 10.1 Å². The van der Waals surface area contributed by atoms with Gasteiger partial charge in [0.15, 0.2) is 0 Å². The molecule has 218 valence electrons. The smallest absolute Gasteiger partial charge is 0.459 e. The number of para-hydroxylation sites is 1. The molecule has 1 aromatic heterocycles. The Bertz CT molecular complexity index is 1510. The molecule has 3 aromatic rings. The molecule has 1 fully saturated rings. The van der Waals surface area contributed by atoms with Gasteiger partial charge in [0.25, 0.3) is 5.56 Å². The molecule has 2 aromatic carbocycles. The molecule has 5 unspecified atom stereocenters. The molecule has 1 aliphatic rings. The predicted octanol–water partition coefficient (Wildman–Crippen LogP) is 3.48. The van der Waals surface area contributed by atoms with Crippen molar-refractivity contribution in [1.29, 1.82) is 0 Å². The van der Waals surface area contributed by atoms with Crippen LogP contribution >= 0.6 is 23.7 Å². The topological polar surface area (TPSA) is 158 Å². The highest BCUT2D eigenvalue weighted by atomic mass is 79.9. The van der Waals surface area contributed by atoms with Crippen LogP contribution in [0.1, 0.15) is 30.7 Å². The van der Waals surface area contributed by atoms with Crippen molar-refractivity contribution in [1.82, 2.24) is 14.6 Å². The van der Waals surface area contributed by atoms with Crippen molar-refractivity contribution < 1.29 is 33.0 Å². The minimum atomic E-state index is -4.22. The maximum Gasteiger partial charge on any atom is 0.459 e. The average molecular weight is 650 g/mol. The van der Waals surface area contributed by atoms with Crippen molar-refractivity contribution in [3.05, 3.63) is 104 Å². The third kappa shape index (κ3) is 8.35. The molecule has 0 saturated carbocycles. The van der Waals surface area contributed by atoms with Gasteiger partial charge in [-0.15, -0.1) is 0 Å². The van der Waals surface area contributed by atoms with Crippen LogP contribution in [-0.2, 0) is 30.0 Å². The lowest BCUT2D eigenvalue weighted by molar-refractivity contribution is -0.146. The summed E-state index contributed by atoms with van der Waals surface area (Å²) in [7, 11) is -4.22. The summed E-state index contributed by atoms with van der Waals surface area (Å²) in [6.45, 7) is 1.07. The zero-order valence-corrected chi connectivity index (χ0v) is 24.4. The number of hydrogen-bond acceptors (Lipinski definition) is 9. The van der Waals surface area contributed by atoms with Crippen molar-refractivity contribution in [2.24, 2.45) is 0 Å². The lowest BCUT2D eigenvalue weighted by Gasteiger charge is -2.24. The van der Waals surface area contributed by atoms with Crippen LogP contribution in [0.25, 0.3) is 6.08 Å². The maximum absolute atomic E-state index is 13.8. The van der Waals surface area contributed by atoms with Gasteiger partial charge in [-0.2, -0.15) is 5.09 Å². The van der Waals surface area contributed by atoms with Gasteiger partial charge in [-0.05, 0) is 35.7 Å². The van der Waals surface area contributed by atoms with Crippen LogP contribution in [0, 0.1) is 0 Å². The van der Waals surface area contributed by atoms with E-state index in [4.69, 9.17) is 18.5 Å². The molecule has 4 rings (SSSR count). The number of aromatic nitrogens is 2. The minimum absolute atomic E-state index is 0.00304. The highest BCUT2D eigenvalue weighted by Gasteiger charge is 2.39. The maximum atomic E-state index is 13.8. The first-order valence-corrected chi connectivity index (χ1v) is 15.1. The van der Waals surface area contributed by atoms with E-state index < -0.39 is 56.0 Å². The van der Waals surface area contributed by atoms with Gasteiger partial charge >= 0.3 is 19.4 Å². The zero-order chi connectivity index (χ0) is 29.4. The first-order valence-electron chi connectivity index (χ1n) is 12.6. The normalized spacial score (nSPS) is 20.9. The van der Waals surface area contributed by atoms with E-state index in [0.29, 0.717) is 0 Å². The summed E-state index contributed by atoms with van der Waals surface area (Å²) >= 11 is 3.09. The van der Waals surface area contributed by atoms with Crippen LogP contribution in [0.2, 0.25) is 0 Å². The van der Waals surface area contributed by atoms with E-state index in [2.05, 4.69) is 26.0 Å². The van der Waals surface area contributed by atoms with E-state index >= 15 is 0 Å². The first-order chi connectivity index (χ1) is 19.7. The van der Waals surface area contributed by atoms with Crippen LogP contribution in [0.3, 0.4) is 0 Å². The minimum Gasteiger partial charge on any atom is -0.460 e. The lowest BCUT2D eigenvalue weighted by atomic mass is 10.2. The fraction of sp³-hybridized carbons (Fsp3) is 0.296. The molecule has 3 N–H and O–H groups in total. The number of nitrogens with zero attached hydrogens (tertiary/aromatic N) is 1. The Morgan fingerprint density at radius 1 is 1.22 bits per heavy atom. The number of nitrogens with one attached hydrogen (secondary N) is 2. The van der Waals surface area contributed by atoms with Gasteiger partial charge < -0.3 is 19.1 Å². The van der Waals surface area contributed by atoms with E-state index in [-0.39, 0.29) is 24.3 Å². The number of benzene rings is 2. The number of aliphatic hydroxyl groups is 1. The van der Waals surface area contributed by atoms with Crippen molar-refractivity contribution in [3.63, 3.8) is 0 Å². The van der Waals surface area contributed by atoms with E-state index in [9.17, 15) is 24.1 Å². The van der Waals surface area contributed by atoms with Crippen molar-refractivity contribution in [2.45, 2.75) is 44.4 Å². The molecular formula is C27H29BrN3O9P. The fourth-order valence-electron chi connectivity index (χ4n) is 3.96. The summed E-state index contributed by atoms with van der Waals surface area (Å²) in [5.41, 5.74) is -0.325. The number of carbonyl (C=O) groups excluding carboxylic acids is 1. The Morgan fingerprint density at radius 3 is 2.59 bits per heavy atom. The van der Waals surface area contributed by atoms with Crippen molar-refractivity contribution >= 4 is 35.7 Å². The number of aliphatic hydroxyl groups excluding tert-OH is 1. The third-order valence-electron chi connectivity index (χ3n) is 6.06. The molecule has 1 saturated heterocycles. The van der Waals surface area contributed by atoms with Crippen LogP contribution in [0.15, 0.2) is 81.4 Å². The molecule has 0 bridgehead atoms. The molecule has 0 radical (unpaired) electrons. The highest BCUT2D eigenvalue weighted by molar-refractivity contribution is 9.11. The molecule has 1 aliphatic heterocycles. The fourth-order valence-corrected chi connectivity index (χ4v) is 5.75. The van der Waals surface area contributed by atoms with E-state index in [1.54, 1.807) is 42.5 Å². The second-order valence-corrected chi connectivity index (χ2v) is 11.3. The Balaban J connectivity index is 1.44. The van der Waals surface area contributed by atoms with Crippen LogP contribution in [0.4, 0.5) is 0 Å². The van der Waals surface area contributed by atoms with Gasteiger partial charge in [-0.1, -0.05) is 64.5 Å². The summed E-state index contributed by atoms with van der Waals surface area (Å²) in [5, 5.41) is 13.2. The summed E-state index contributed by atoms with van der Waals surface area (Å²) in [4.78, 5) is 40.7. The third-order valence-corrected chi connectivity index (χ3v) is 7.97. The van der Waals surface area contributed by atoms with Crippen LogP contribution in [0.5, 0.6) is 5.75 Å². The monoisotopic (exact) mass is 649 g/mol. The number of carbonyl (C=O) groups is 1. The number of H-pyrrole nitrogens is 1. The number of aromatic amines is 1. The van der Waals surface area contributed by atoms with Crippen molar-refractivity contribution in [3.8, 4) is 5.75 Å². The Kier molecular flexibility index (Phi) is 10.5. The lowest BCUT2D eigenvalue weighted by Crippen LogP contribution is -2.36. The average Bonchev–Trinajstić information content (AvgIpc) is 3.33.